The fraction of sp³-hybridized carbons (Fsp3) is 0.259. The molecule has 3 rings (SSSR count). The highest BCUT2D eigenvalue weighted by molar-refractivity contribution is 7.92. The van der Waals surface area contributed by atoms with E-state index in [0.717, 1.165) is 9.87 Å². The zero-order valence-corrected chi connectivity index (χ0v) is 24.2. The van der Waals surface area contributed by atoms with Gasteiger partial charge in [0.15, 0.2) is 0 Å². The third kappa shape index (κ3) is 6.99. The number of halogens is 3. The largest absolute Gasteiger partial charge is 0.355 e. The lowest BCUT2D eigenvalue weighted by atomic mass is 10.1. The molecule has 0 aliphatic rings. The Bertz CT molecular complexity index is 1400. The van der Waals surface area contributed by atoms with E-state index in [-0.39, 0.29) is 11.4 Å². The summed E-state index contributed by atoms with van der Waals surface area (Å²) < 4.78 is 28.6. The van der Waals surface area contributed by atoms with Crippen molar-refractivity contribution in [2.45, 2.75) is 38.3 Å². The molecular formula is C27H28Cl3N3O4S. The van der Waals surface area contributed by atoms with Gasteiger partial charge < -0.3 is 10.2 Å². The van der Waals surface area contributed by atoms with Crippen LogP contribution in [0.2, 0.25) is 15.1 Å². The molecule has 3 aromatic carbocycles. The highest BCUT2D eigenvalue weighted by Crippen LogP contribution is 2.29. The van der Waals surface area contributed by atoms with Gasteiger partial charge in [-0.1, -0.05) is 53.0 Å². The van der Waals surface area contributed by atoms with Crippen molar-refractivity contribution in [2.24, 2.45) is 0 Å². The first-order valence-corrected chi connectivity index (χ1v) is 14.4. The predicted octanol–water partition coefficient (Wildman–Crippen LogP) is 5.70. The lowest BCUT2D eigenvalue weighted by molar-refractivity contribution is -0.139. The van der Waals surface area contributed by atoms with E-state index in [1.807, 2.05) is 13.0 Å². The number of nitrogens with zero attached hydrogens (tertiary/aromatic N) is 2. The summed E-state index contributed by atoms with van der Waals surface area (Å²) in [5, 5.41) is 3.73. The fourth-order valence-electron chi connectivity index (χ4n) is 3.80. The first-order chi connectivity index (χ1) is 17.9. The van der Waals surface area contributed by atoms with E-state index in [9.17, 15) is 18.0 Å². The van der Waals surface area contributed by atoms with Crippen molar-refractivity contribution < 1.29 is 18.0 Å². The normalized spacial score (nSPS) is 12.1. The van der Waals surface area contributed by atoms with Crippen LogP contribution < -0.4 is 9.62 Å². The van der Waals surface area contributed by atoms with Crippen LogP contribution in [0.4, 0.5) is 5.69 Å². The number of hydrogen-bond acceptors (Lipinski definition) is 4. The quantitative estimate of drug-likeness (QED) is 0.325. The lowest BCUT2D eigenvalue weighted by Gasteiger charge is -2.32. The van der Waals surface area contributed by atoms with Crippen molar-refractivity contribution in [2.75, 3.05) is 17.4 Å². The van der Waals surface area contributed by atoms with Gasteiger partial charge >= 0.3 is 0 Å². The molecule has 1 atom stereocenters. The molecule has 0 saturated carbocycles. The Hall–Kier alpha value is -2.78. The van der Waals surface area contributed by atoms with Gasteiger partial charge in [-0.2, -0.15) is 0 Å². The zero-order valence-electron chi connectivity index (χ0n) is 21.1. The van der Waals surface area contributed by atoms with Gasteiger partial charge in [-0.25, -0.2) is 8.42 Å². The molecule has 202 valence electrons. The molecule has 0 radical (unpaired) electrons. The molecule has 1 N–H and O–H groups in total. The number of hydrogen-bond donors (Lipinski definition) is 1. The monoisotopic (exact) mass is 595 g/mol. The van der Waals surface area contributed by atoms with Crippen LogP contribution in [0.5, 0.6) is 0 Å². The predicted molar refractivity (Wildman–Crippen MR) is 152 cm³/mol. The Labute approximate surface area is 238 Å². The second-order valence-electron chi connectivity index (χ2n) is 8.60. The van der Waals surface area contributed by atoms with Gasteiger partial charge in [0.2, 0.25) is 11.8 Å². The fourth-order valence-corrected chi connectivity index (χ4v) is 5.85. The van der Waals surface area contributed by atoms with Crippen LogP contribution >= 0.6 is 34.8 Å². The number of sulfonamides is 1. The molecule has 0 heterocycles. The van der Waals surface area contributed by atoms with Crippen LogP contribution in [0, 0.1) is 6.92 Å². The van der Waals surface area contributed by atoms with E-state index in [0.29, 0.717) is 32.9 Å². The molecule has 0 aromatic heterocycles. The van der Waals surface area contributed by atoms with E-state index >= 15 is 0 Å². The van der Waals surface area contributed by atoms with Gasteiger partial charge in [0.1, 0.15) is 12.6 Å². The molecule has 2 amide bonds. The maximum absolute atomic E-state index is 13.9. The zero-order chi connectivity index (χ0) is 28.0. The molecule has 3 aromatic rings. The molecule has 0 fully saturated rings. The molecule has 0 unspecified atom stereocenters. The minimum atomic E-state index is -4.19. The van der Waals surface area contributed by atoms with Crippen molar-refractivity contribution >= 4 is 62.3 Å². The summed E-state index contributed by atoms with van der Waals surface area (Å²) in [5.74, 6) is -1.01. The SMILES string of the molecule is CCNC(=O)[C@H](C)N(Cc1c(Cl)cccc1Cl)C(=O)CN(c1cccc(C)c1)S(=O)(=O)c1ccc(Cl)cc1. The van der Waals surface area contributed by atoms with Crippen LogP contribution in [0.15, 0.2) is 71.6 Å². The van der Waals surface area contributed by atoms with Crippen LogP contribution in [0.25, 0.3) is 0 Å². The van der Waals surface area contributed by atoms with E-state index < -0.39 is 34.4 Å². The molecule has 0 aliphatic carbocycles. The number of carbonyl (C=O) groups excluding carboxylic acids is 2. The summed E-state index contributed by atoms with van der Waals surface area (Å²) in [4.78, 5) is 27.9. The van der Waals surface area contributed by atoms with Gasteiger partial charge in [0.25, 0.3) is 10.0 Å². The van der Waals surface area contributed by atoms with Crippen molar-refractivity contribution in [3.05, 3.63) is 92.9 Å². The van der Waals surface area contributed by atoms with Gasteiger partial charge in [-0.15, -0.1) is 0 Å². The average molecular weight is 597 g/mol. The van der Waals surface area contributed by atoms with E-state index in [4.69, 9.17) is 34.8 Å². The first-order valence-electron chi connectivity index (χ1n) is 11.8. The first kappa shape index (κ1) is 29.8. The third-order valence-corrected chi connectivity index (χ3v) is 8.63. The minimum Gasteiger partial charge on any atom is -0.355 e. The van der Waals surface area contributed by atoms with Crippen LogP contribution in [0.3, 0.4) is 0 Å². The van der Waals surface area contributed by atoms with Crippen LogP contribution in [0.1, 0.15) is 25.0 Å². The Morgan fingerprint density at radius 1 is 0.947 bits per heavy atom. The summed E-state index contributed by atoms with van der Waals surface area (Å²) in [6, 6.07) is 16.5. The average Bonchev–Trinajstić information content (AvgIpc) is 2.87. The van der Waals surface area contributed by atoms with Gasteiger partial charge in [0.05, 0.1) is 10.6 Å². The molecule has 0 bridgehead atoms. The molecule has 38 heavy (non-hydrogen) atoms. The number of anilines is 1. The standard InChI is InChI=1S/C27H28Cl3N3O4S/c1-4-31-27(35)19(3)32(16-23-24(29)9-6-10-25(23)30)26(34)17-33(21-8-5-7-18(2)15-21)38(36,37)22-13-11-20(28)12-14-22/h5-15,19H,4,16-17H2,1-3H3,(H,31,35)/t19-/m0/s1. The number of carbonyl (C=O) groups is 2. The van der Waals surface area contributed by atoms with E-state index in [2.05, 4.69) is 5.32 Å². The molecule has 0 spiro atoms. The number of aryl methyl sites for hydroxylation is 1. The third-order valence-electron chi connectivity index (χ3n) is 5.88. The Kier molecular flexibility index (Phi) is 10.1. The molecule has 7 nitrogen and oxygen atoms in total. The Balaban J connectivity index is 2.07. The van der Waals surface area contributed by atoms with Gasteiger partial charge in [0, 0.05) is 33.7 Å². The van der Waals surface area contributed by atoms with Crippen molar-refractivity contribution in [1.29, 1.82) is 0 Å². The van der Waals surface area contributed by atoms with Crippen molar-refractivity contribution in [1.82, 2.24) is 10.2 Å². The smallest absolute Gasteiger partial charge is 0.264 e. The van der Waals surface area contributed by atoms with Gasteiger partial charge in [-0.05, 0) is 74.9 Å². The lowest BCUT2D eigenvalue weighted by Crippen LogP contribution is -2.51. The van der Waals surface area contributed by atoms with E-state index in [1.54, 1.807) is 50.2 Å². The highest BCUT2D eigenvalue weighted by Gasteiger charge is 2.33. The molecular weight excluding hydrogens is 569 g/mol. The summed E-state index contributed by atoms with van der Waals surface area (Å²) in [7, 11) is -4.19. The number of rotatable bonds is 10. The highest BCUT2D eigenvalue weighted by atomic mass is 35.5. The van der Waals surface area contributed by atoms with Crippen molar-refractivity contribution in [3.8, 4) is 0 Å². The number of benzene rings is 3. The minimum absolute atomic E-state index is 0.0336. The second-order valence-corrected chi connectivity index (χ2v) is 11.7. The topological polar surface area (TPSA) is 86.8 Å². The Morgan fingerprint density at radius 2 is 1.55 bits per heavy atom. The van der Waals surface area contributed by atoms with E-state index in [1.165, 1.54) is 29.2 Å². The number of amides is 2. The number of nitrogens with one attached hydrogen (secondary N) is 1. The summed E-state index contributed by atoms with van der Waals surface area (Å²) in [6.45, 7) is 4.84. The second kappa shape index (κ2) is 12.8. The maximum atomic E-state index is 13.9. The number of likely N-dealkylation sites (N-methyl/N-ethyl adjacent to an activating group) is 1. The Morgan fingerprint density at radius 3 is 2.13 bits per heavy atom. The maximum Gasteiger partial charge on any atom is 0.264 e. The summed E-state index contributed by atoms with van der Waals surface area (Å²) >= 11 is 18.7. The van der Waals surface area contributed by atoms with Crippen LogP contribution in [-0.4, -0.2) is 44.3 Å². The van der Waals surface area contributed by atoms with Gasteiger partial charge in [-0.3, -0.25) is 13.9 Å². The molecule has 11 heteroatoms. The molecule has 0 saturated heterocycles. The van der Waals surface area contributed by atoms with Crippen molar-refractivity contribution in [3.63, 3.8) is 0 Å². The molecule has 0 aliphatic heterocycles. The summed E-state index contributed by atoms with van der Waals surface area (Å²) in [5.41, 5.74) is 1.55. The summed E-state index contributed by atoms with van der Waals surface area (Å²) in [6.07, 6.45) is 0. The van der Waals surface area contributed by atoms with Crippen LogP contribution in [-0.2, 0) is 26.2 Å².